The molecule has 0 aliphatic rings. The summed E-state index contributed by atoms with van der Waals surface area (Å²) in [7, 11) is 1.84. The molecule has 0 spiro atoms. The lowest BCUT2D eigenvalue weighted by molar-refractivity contribution is 0.359. The summed E-state index contributed by atoms with van der Waals surface area (Å²) in [5, 5.41) is 3.73. The molecule has 3 N–H and O–H groups in total. The molecule has 1 aromatic carbocycles. The second-order valence-corrected chi connectivity index (χ2v) is 6.62. The lowest BCUT2D eigenvalue weighted by Gasteiger charge is -2.05. The maximum atomic E-state index is 5.84. The molecule has 31 heavy (non-hydrogen) atoms. The van der Waals surface area contributed by atoms with E-state index in [1.54, 1.807) is 0 Å². The van der Waals surface area contributed by atoms with Crippen LogP contribution >= 0.6 is 11.6 Å². The Kier molecular flexibility index (Phi) is 15.4. The molecule has 2 rings (SSSR count). The van der Waals surface area contributed by atoms with E-state index in [4.69, 9.17) is 22.1 Å². The minimum absolute atomic E-state index is 0.698. The Hall–Kier alpha value is -2.79. The van der Waals surface area contributed by atoms with Gasteiger partial charge in [-0.3, -0.25) is 0 Å². The van der Waals surface area contributed by atoms with Crippen molar-refractivity contribution in [1.29, 1.82) is 0 Å². The van der Waals surface area contributed by atoms with E-state index in [0.29, 0.717) is 22.3 Å². The van der Waals surface area contributed by atoms with Gasteiger partial charge in [-0.15, -0.1) is 0 Å². The molecular formula is C25H37ClN4O. The first kappa shape index (κ1) is 28.2. The summed E-state index contributed by atoms with van der Waals surface area (Å²) in [5.74, 6) is 2.24. The Labute approximate surface area is 193 Å². The average Bonchev–Trinajstić information content (AvgIpc) is 2.79. The van der Waals surface area contributed by atoms with Gasteiger partial charge in [0.2, 0.25) is 0 Å². The van der Waals surface area contributed by atoms with Crippen LogP contribution in [0.4, 0.5) is 5.82 Å². The molecule has 0 aliphatic carbocycles. The van der Waals surface area contributed by atoms with Crippen LogP contribution in [0.25, 0.3) is 11.4 Å². The average molecular weight is 445 g/mol. The Balaban J connectivity index is 0.000000550. The zero-order chi connectivity index (χ0) is 23.6. The minimum Gasteiger partial charge on any atom is -0.464 e. The predicted octanol–water partition coefficient (Wildman–Crippen LogP) is 7.26. The molecule has 5 nitrogen and oxygen atoms in total. The van der Waals surface area contributed by atoms with E-state index < -0.39 is 0 Å². The van der Waals surface area contributed by atoms with Gasteiger partial charge in [0.1, 0.15) is 11.6 Å². The Morgan fingerprint density at radius 2 is 1.81 bits per heavy atom. The summed E-state index contributed by atoms with van der Waals surface area (Å²) in [4.78, 5) is 8.77. The molecular weight excluding hydrogens is 408 g/mol. The number of halogens is 1. The van der Waals surface area contributed by atoms with Crippen LogP contribution in [0.3, 0.4) is 0 Å². The molecule has 0 aliphatic heterocycles. The summed E-state index contributed by atoms with van der Waals surface area (Å²) < 4.78 is 5.17. The third-order valence-corrected chi connectivity index (χ3v) is 4.00. The van der Waals surface area contributed by atoms with Gasteiger partial charge in [-0.2, -0.15) is 0 Å². The van der Waals surface area contributed by atoms with Crippen LogP contribution in [0.5, 0.6) is 0 Å². The second kappa shape index (κ2) is 16.9. The van der Waals surface area contributed by atoms with Crippen molar-refractivity contribution in [2.45, 2.75) is 53.9 Å². The molecule has 0 saturated heterocycles. The number of rotatable bonds is 8. The maximum absolute atomic E-state index is 5.84. The van der Waals surface area contributed by atoms with E-state index in [0.717, 1.165) is 36.3 Å². The first-order valence-corrected chi connectivity index (χ1v) is 11.1. The van der Waals surface area contributed by atoms with E-state index in [-0.39, 0.29) is 0 Å². The summed E-state index contributed by atoms with van der Waals surface area (Å²) in [6, 6.07) is 9.40. The van der Waals surface area contributed by atoms with E-state index >= 15 is 0 Å². The third-order valence-electron chi connectivity index (χ3n) is 3.75. The maximum Gasteiger partial charge on any atom is 0.161 e. The Morgan fingerprint density at radius 3 is 2.32 bits per heavy atom. The molecule has 0 fully saturated rings. The quantitative estimate of drug-likeness (QED) is 0.331. The van der Waals surface area contributed by atoms with Crippen LogP contribution in [-0.4, -0.2) is 17.0 Å². The lowest BCUT2D eigenvalue weighted by Crippen LogP contribution is -2.02. The van der Waals surface area contributed by atoms with E-state index in [1.165, 1.54) is 6.26 Å². The second-order valence-electron chi connectivity index (χ2n) is 6.18. The van der Waals surface area contributed by atoms with Crippen molar-refractivity contribution in [3.8, 4) is 11.4 Å². The Morgan fingerprint density at radius 1 is 1.16 bits per heavy atom. The smallest absolute Gasteiger partial charge is 0.161 e. The van der Waals surface area contributed by atoms with Gasteiger partial charge in [0.15, 0.2) is 5.82 Å². The normalized spacial score (nSPS) is 10.8. The SMILES string of the molecule is C=COC(=C\CC)/C(N)=C/CCC.CC.CNc1cc(C)nc(-c2ccc(Cl)cc2)n1. The van der Waals surface area contributed by atoms with Crippen LogP contribution in [-0.2, 0) is 4.74 Å². The number of nitrogens with zero attached hydrogens (tertiary/aromatic N) is 2. The molecule has 0 radical (unpaired) electrons. The topological polar surface area (TPSA) is 73.1 Å². The summed E-state index contributed by atoms with van der Waals surface area (Å²) in [5.41, 5.74) is 8.39. The number of nitrogens with one attached hydrogen (secondary N) is 1. The minimum atomic E-state index is 0.698. The van der Waals surface area contributed by atoms with Crippen molar-refractivity contribution in [2.75, 3.05) is 12.4 Å². The fourth-order valence-electron chi connectivity index (χ4n) is 2.33. The monoisotopic (exact) mass is 444 g/mol. The fourth-order valence-corrected chi connectivity index (χ4v) is 2.46. The fraction of sp³-hybridized carbons (Fsp3) is 0.360. The predicted molar refractivity (Wildman–Crippen MR) is 135 cm³/mol. The van der Waals surface area contributed by atoms with Crippen LogP contribution in [0, 0.1) is 6.92 Å². The van der Waals surface area contributed by atoms with E-state index in [1.807, 2.05) is 77.2 Å². The standard InChI is InChI=1S/C12H12ClN3.C11H19NO.C2H6/c1-8-7-11(14-2)16-12(15-8)9-3-5-10(13)6-4-9;1-4-7-9-10(12)11(8-5-2)13-6-3;1-2/h3-7H,1-2H3,(H,14,15,16);6,8-9H,3-5,7,12H2,1-2H3;1-2H3/b;10-9-,11-8-;. The van der Waals surface area contributed by atoms with E-state index in [9.17, 15) is 0 Å². The van der Waals surface area contributed by atoms with Gasteiger partial charge in [-0.05, 0) is 50.1 Å². The summed E-state index contributed by atoms with van der Waals surface area (Å²) >= 11 is 5.84. The summed E-state index contributed by atoms with van der Waals surface area (Å²) in [6.07, 6.45) is 8.30. The number of ether oxygens (including phenoxy) is 1. The molecule has 1 aromatic heterocycles. The largest absolute Gasteiger partial charge is 0.464 e. The highest BCUT2D eigenvalue weighted by molar-refractivity contribution is 6.30. The van der Waals surface area contributed by atoms with Gasteiger partial charge in [0.25, 0.3) is 0 Å². The van der Waals surface area contributed by atoms with Crippen molar-refractivity contribution in [3.05, 3.63) is 77.5 Å². The van der Waals surface area contributed by atoms with Crippen molar-refractivity contribution in [1.82, 2.24) is 9.97 Å². The van der Waals surface area contributed by atoms with Gasteiger partial charge < -0.3 is 15.8 Å². The summed E-state index contributed by atoms with van der Waals surface area (Å²) in [6.45, 7) is 13.6. The number of aromatic nitrogens is 2. The number of benzene rings is 1. The highest BCUT2D eigenvalue weighted by Crippen LogP contribution is 2.19. The molecule has 6 heteroatoms. The van der Waals surface area contributed by atoms with Crippen LogP contribution in [0.1, 0.15) is 52.7 Å². The van der Waals surface area contributed by atoms with Crippen LogP contribution in [0.2, 0.25) is 5.02 Å². The van der Waals surface area contributed by atoms with Crippen LogP contribution in [0.15, 0.2) is 66.8 Å². The highest BCUT2D eigenvalue weighted by atomic mass is 35.5. The van der Waals surface area contributed by atoms with Crippen molar-refractivity contribution in [3.63, 3.8) is 0 Å². The van der Waals surface area contributed by atoms with Gasteiger partial charge in [0, 0.05) is 29.4 Å². The van der Waals surface area contributed by atoms with Crippen molar-refractivity contribution in [2.24, 2.45) is 5.73 Å². The molecule has 0 amide bonds. The highest BCUT2D eigenvalue weighted by Gasteiger charge is 2.04. The molecule has 2 aromatic rings. The molecule has 1 heterocycles. The lowest BCUT2D eigenvalue weighted by atomic mass is 10.2. The van der Waals surface area contributed by atoms with Gasteiger partial charge >= 0.3 is 0 Å². The van der Waals surface area contributed by atoms with E-state index in [2.05, 4.69) is 28.8 Å². The van der Waals surface area contributed by atoms with Crippen LogP contribution < -0.4 is 11.1 Å². The number of allylic oxidation sites excluding steroid dienone is 2. The van der Waals surface area contributed by atoms with Gasteiger partial charge in [-0.1, -0.05) is 58.4 Å². The number of aryl methyl sites for hydroxylation is 1. The van der Waals surface area contributed by atoms with Gasteiger partial charge in [0.05, 0.1) is 12.0 Å². The molecule has 0 saturated carbocycles. The third kappa shape index (κ3) is 11.2. The van der Waals surface area contributed by atoms with Crippen molar-refractivity contribution >= 4 is 17.4 Å². The molecule has 0 unspecified atom stereocenters. The molecule has 170 valence electrons. The number of hydrogen-bond donors (Lipinski definition) is 2. The first-order chi connectivity index (χ1) is 14.9. The van der Waals surface area contributed by atoms with Gasteiger partial charge in [-0.25, -0.2) is 9.97 Å². The zero-order valence-corrected chi connectivity index (χ0v) is 20.5. The zero-order valence-electron chi connectivity index (χ0n) is 19.7. The van der Waals surface area contributed by atoms with Crippen molar-refractivity contribution < 1.29 is 4.74 Å². The Bertz CT molecular complexity index is 830. The molecule has 0 bridgehead atoms. The number of anilines is 1. The number of nitrogens with two attached hydrogens (primary N) is 1. The number of hydrogen-bond acceptors (Lipinski definition) is 5. The molecule has 0 atom stereocenters. The number of unbranched alkanes of at least 4 members (excludes halogenated alkanes) is 1. The first-order valence-electron chi connectivity index (χ1n) is 10.7.